The summed E-state index contributed by atoms with van der Waals surface area (Å²) in [6, 6.07) is 3.87. The Kier molecular flexibility index (Phi) is 7.22. The Hall–Kier alpha value is -3.58. The molecule has 2 aromatic heterocycles. The molecule has 36 heavy (non-hydrogen) atoms. The number of carbonyl (C=O) groups is 2. The van der Waals surface area contributed by atoms with E-state index in [4.69, 9.17) is 9.84 Å². The fourth-order valence-electron chi connectivity index (χ4n) is 3.86. The third-order valence-corrected chi connectivity index (χ3v) is 6.84. The van der Waals surface area contributed by atoms with Gasteiger partial charge in [-0.2, -0.15) is 13.2 Å². The molecule has 8 nitrogen and oxygen atoms in total. The fraction of sp³-hybridized carbons (Fsp3) is 0.304. The normalized spacial score (nSPS) is 15.0. The van der Waals surface area contributed by atoms with E-state index < -0.39 is 47.5 Å². The molecule has 3 aromatic rings. The Morgan fingerprint density at radius 3 is 2.47 bits per heavy atom. The lowest BCUT2D eigenvalue weighted by Gasteiger charge is -2.26. The van der Waals surface area contributed by atoms with Gasteiger partial charge in [0.2, 0.25) is 0 Å². The van der Waals surface area contributed by atoms with Gasteiger partial charge in [0.25, 0.3) is 0 Å². The second-order valence-electron chi connectivity index (χ2n) is 8.12. The minimum atomic E-state index is -4.69. The van der Waals surface area contributed by atoms with E-state index >= 15 is 0 Å². The van der Waals surface area contributed by atoms with Gasteiger partial charge in [-0.15, -0.1) is 11.3 Å². The number of anilines is 2. The summed E-state index contributed by atoms with van der Waals surface area (Å²) < 4.78 is 58.1. The molecule has 1 saturated carbocycles. The monoisotopic (exact) mass is 524 g/mol. The summed E-state index contributed by atoms with van der Waals surface area (Å²) >= 11 is 1.36. The van der Waals surface area contributed by atoms with E-state index in [9.17, 15) is 27.2 Å². The maximum Gasteiger partial charge on any atom is 0.416 e. The summed E-state index contributed by atoms with van der Waals surface area (Å²) in [5, 5.41) is 14.1. The van der Waals surface area contributed by atoms with Crippen molar-refractivity contribution >= 4 is 34.8 Å². The number of urea groups is 1. The molecule has 0 spiro atoms. The first kappa shape index (κ1) is 25.5. The smallest absolute Gasteiger partial charge is 0.416 e. The van der Waals surface area contributed by atoms with E-state index in [1.54, 1.807) is 12.3 Å². The van der Waals surface area contributed by atoms with Gasteiger partial charge in [-0.05, 0) is 43.2 Å². The van der Waals surface area contributed by atoms with Gasteiger partial charge in [-0.25, -0.2) is 23.9 Å². The number of benzene rings is 1. The molecule has 1 aliphatic rings. The molecule has 0 atom stereocenters. The van der Waals surface area contributed by atoms with Crippen molar-refractivity contribution < 1.29 is 37.0 Å². The maximum atomic E-state index is 13.9. The van der Waals surface area contributed by atoms with E-state index in [0.717, 1.165) is 17.7 Å². The number of alkyl halides is 3. The third kappa shape index (κ3) is 5.79. The number of hydrogen-bond acceptors (Lipinski definition) is 6. The van der Waals surface area contributed by atoms with Crippen molar-refractivity contribution in [1.82, 2.24) is 9.97 Å². The molecule has 190 valence electrons. The molecule has 0 aliphatic heterocycles. The molecule has 1 fully saturated rings. The van der Waals surface area contributed by atoms with Crippen molar-refractivity contribution in [3.05, 3.63) is 59.1 Å². The van der Waals surface area contributed by atoms with Crippen LogP contribution < -0.4 is 10.6 Å². The van der Waals surface area contributed by atoms with Gasteiger partial charge in [0.05, 0.1) is 16.1 Å². The third-order valence-electron chi connectivity index (χ3n) is 5.61. The van der Waals surface area contributed by atoms with Gasteiger partial charge in [-0.3, -0.25) is 5.32 Å². The summed E-state index contributed by atoms with van der Waals surface area (Å²) in [4.78, 5) is 32.5. The molecule has 2 heterocycles. The summed E-state index contributed by atoms with van der Waals surface area (Å²) in [6.07, 6.45) is 1.58. The van der Waals surface area contributed by atoms with Crippen LogP contribution in [0.3, 0.4) is 0 Å². The summed E-state index contributed by atoms with van der Waals surface area (Å²) in [5.74, 6) is -1.98. The number of carboxylic acid groups (broad SMARTS) is 1. The highest BCUT2D eigenvalue weighted by molar-refractivity contribution is 7.15. The summed E-state index contributed by atoms with van der Waals surface area (Å²) in [5.41, 5.74) is -1.77. The Labute approximate surface area is 206 Å². The number of hydrogen-bond donors (Lipinski definition) is 3. The SMILES string of the molecule is O=C(O)COC1(c2ncc(-c3ccc(NC(=O)Nc4cc(C(F)(F)F)ccc4F)nc3)s2)CCCC1. The second kappa shape index (κ2) is 10.2. The predicted octanol–water partition coefficient (Wildman–Crippen LogP) is 5.88. The van der Waals surface area contributed by atoms with E-state index in [1.807, 2.05) is 5.32 Å². The Morgan fingerprint density at radius 2 is 1.83 bits per heavy atom. The number of aromatic nitrogens is 2. The number of ether oxygens (including phenoxy) is 1. The van der Waals surface area contributed by atoms with Gasteiger partial charge in [-0.1, -0.05) is 12.8 Å². The average Bonchev–Trinajstić information content (AvgIpc) is 3.50. The standard InChI is InChI=1S/C23H20F4N4O4S/c24-15-5-4-14(23(25,26)27)9-16(15)30-21(34)31-18-6-3-13(10-28-18)17-11-29-20(36-17)22(7-1-2-8-22)35-12-19(32)33/h3-6,9-11H,1-2,7-8,12H2,(H,32,33)(H2,28,30,31,34). The van der Waals surface area contributed by atoms with Crippen LogP contribution in [0.4, 0.5) is 33.9 Å². The molecule has 0 radical (unpaired) electrons. The number of nitrogens with zero attached hydrogens (tertiary/aromatic N) is 2. The van der Waals surface area contributed by atoms with Gasteiger partial charge >= 0.3 is 18.2 Å². The van der Waals surface area contributed by atoms with Crippen LogP contribution in [-0.4, -0.2) is 33.7 Å². The van der Waals surface area contributed by atoms with Crippen molar-refractivity contribution in [1.29, 1.82) is 0 Å². The lowest BCUT2D eigenvalue weighted by Crippen LogP contribution is -2.28. The zero-order valence-electron chi connectivity index (χ0n) is 18.6. The minimum Gasteiger partial charge on any atom is -0.480 e. The molecule has 13 heteroatoms. The number of amides is 2. The molecular weight excluding hydrogens is 504 g/mol. The van der Waals surface area contributed by atoms with Crippen LogP contribution in [0.2, 0.25) is 0 Å². The van der Waals surface area contributed by atoms with E-state index in [0.29, 0.717) is 41.6 Å². The number of halogens is 4. The molecule has 1 aliphatic carbocycles. The van der Waals surface area contributed by atoms with Crippen molar-refractivity contribution in [3.63, 3.8) is 0 Å². The van der Waals surface area contributed by atoms with Crippen molar-refractivity contribution in [3.8, 4) is 10.4 Å². The van der Waals surface area contributed by atoms with Crippen LogP contribution in [0.25, 0.3) is 10.4 Å². The Bertz CT molecular complexity index is 1260. The minimum absolute atomic E-state index is 0.0884. The maximum absolute atomic E-state index is 13.9. The molecule has 0 saturated heterocycles. The lowest BCUT2D eigenvalue weighted by atomic mass is 10.0. The van der Waals surface area contributed by atoms with Crippen LogP contribution in [0.1, 0.15) is 36.3 Å². The van der Waals surface area contributed by atoms with Gasteiger partial charge < -0.3 is 15.2 Å². The molecule has 4 rings (SSSR count). The number of thiazole rings is 1. The van der Waals surface area contributed by atoms with Crippen LogP contribution in [0, 0.1) is 5.82 Å². The molecule has 2 amide bonds. The Morgan fingerprint density at radius 1 is 1.08 bits per heavy atom. The molecular formula is C23H20F4N4O4S. The first-order chi connectivity index (χ1) is 17.1. The van der Waals surface area contributed by atoms with Gasteiger partial charge in [0.1, 0.15) is 28.9 Å². The lowest BCUT2D eigenvalue weighted by molar-refractivity contribution is -0.150. The van der Waals surface area contributed by atoms with Crippen LogP contribution >= 0.6 is 11.3 Å². The second-order valence-corrected chi connectivity index (χ2v) is 9.15. The number of nitrogens with one attached hydrogen (secondary N) is 2. The molecule has 1 aromatic carbocycles. The first-order valence-electron chi connectivity index (χ1n) is 10.8. The summed E-state index contributed by atoms with van der Waals surface area (Å²) in [7, 11) is 0. The van der Waals surface area contributed by atoms with Crippen LogP contribution in [0.5, 0.6) is 0 Å². The number of carbonyl (C=O) groups excluding carboxylic acids is 1. The highest BCUT2D eigenvalue weighted by Crippen LogP contribution is 2.45. The molecule has 3 N–H and O–H groups in total. The van der Waals surface area contributed by atoms with Gasteiger partial charge in [0, 0.05) is 18.0 Å². The highest BCUT2D eigenvalue weighted by atomic mass is 32.1. The van der Waals surface area contributed by atoms with Crippen molar-refractivity contribution in [2.24, 2.45) is 0 Å². The van der Waals surface area contributed by atoms with Gasteiger partial charge in [0.15, 0.2) is 0 Å². The van der Waals surface area contributed by atoms with E-state index in [-0.39, 0.29) is 5.82 Å². The number of aliphatic carboxylic acids is 1. The highest BCUT2D eigenvalue weighted by Gasteiger charge is 2.40. The zero-order valence-corrected chi connectivity index (χ0v) is 19.4. The van der Waals surface area contributed by atoms with E-state index in [1.165, 1.54) is 23.6 Å². The van der Waals surface area contributed by atoms with Crippen LogP contribution in [-0.2, 0) is 21.3 Å². The first-order valence-corrected chi connectivity index (χ1v) is 11.6. The molecule has 0 unspecified atom stereocenters. The summed E-state index contributed by atoms with van der Waals surface area (Å²) in [6.45, 7) is -0.413. The predicted molar refractivity (Wildman–Crippen MR) is 123 cm³/mol. The Balaban J connectivity index is 1.43. The van der Waals surface area contributed by atoms with Crippen LogP contribution in [0.15, 0.2) is 42.7 Å². The van der Waals surface area contributed by atoms with Crippen molar-refractivity contribution in [2.45, 2.75) is 37.5 Å². The zero-order chi connectivity index (χ0) is 25.9. The van der Waals surface area contributed by atoms with E-state index in [2.05, 4.69) is 15.3 Å². The fourth-order valence-corrected chi connectivity index (χ4v) is 4.97. The quantitative estimate of drug-likeness (QED) is 0.333. The average molecular weight is 524 g/mol. The largest absolute Gasteiger partial charge is 0.480 e. The molecule has 0 bridgehead atoms. The number of carboxylic acids is 1. The number of rotatable bonds is 7. The topological polar surface area (TPSA) is 113 Å². The van der Waals surface area contributed by atoms with Crippen molar-refractivity contribution in [2.75, 3.05) is 17.2 Å². The number of pyridine rings is 1.